The summed E-state index contributed by atoms with van der Waals surface area (Å²) >= 11 is 6.41. The molecule has 0 aliphatic heterocycles. The molecule has 0 amide bonds. The number of halogens is 1. The summed E-state index contributed by atoms with van der Waals surface area (Å²) in [6.45, 7) is 6.30. The van der Waals surface area contributed by atoms with Crippen LogP contribution in [0.15, 0.2) is 36.4 Å². The molecule has 0 fully saturated rings. The molecule has 1 aromatic heterocycles. The molecule has 3 rings (SSSR count). The Labute approximate surface area is 135 Å². The average Bonchev–Trinajstić information content (AvgIpc) is 2.88. The van der Waals surface area contributed by atoms with Gasteiger partial charge in [0.15, 0.2) is 0 Å². The predicted molar refractivity (Wildman–Crippen MR) is 91.9 cm³/mol. The molecule has 2 aromatic carbocycles. The van der Waals surface area contributed by atoms with Gasteiger partial charge in [0.2, 0.25) is 0 Å². The third kappa shape index (κ3) is 2.35. The molecule has 3 nitrogen and oxygen atoms in total. The number of benzene rings is 2. The molecule has 0 saturated heterocycles. The number of para-hydroxylation sites is 1. The van der Waals surface area contributed by atoms with E-state index in [-0.39, 0.29) is 6.04 Å². The van der Waals surface area contributed by atoms with Gasteiger partial charge in [0.25, 0.3) is 0 Å². The van der Waals surface area contributed by atoms with Crippen LogP contribution in [0.2, 0.25) is 5.02 Å². The van der Waals surface area contributed by atoms with E-state index in [1.54, 1.807) is 7.11 Å². The van der Waals surface area contributed by atoms with E-state index >= 15 is 0 Å². The molecular weight excluding hydrogens is 296 g/mol. The van der Waals surface area contributed by atoms with Crippen molar-refractivity contribution in [1.82, 2.24) is 9.78 Å². The van der Waals surface area contributed by atoms with Crippen LogP contribution in [0.3, 0.4) is 0 Å². The summed E-state index contributed by atoms with van der Waals surface area (Å²) < 4.78 is 7.29. The minimum atomic E-state index is 0.245. The van der Waals surface area contributed by atoms with Crippen LogP contribution in [0.1, 0.15) is 25.5 Å². The van der Waals surface area contributed by atoms with Gasteiger partial charge in [-0.25, -0.2) is 0 Å². The van der Waals surface area contributed by atoms with Gasteiger partial charge >= 0.3 is 0 Å². The first-order valence-corrected chi connectivity index (χ1v) is 7.72. The van der Waals surface area contributed by atoms with Crippen LogP contribution in [0.5, 0.6) is 5.75 Å². The molecule has 0 unspecified atom stereocenters. The molecule has 0 saturated carbocycles. The molecule has 0 bridgehead atoms. The van der Waals surface area contributed by atoms with E-state index in [0.717, 1.165) is 38.5 Å². The van der Waals surface area contributed by atoms with Gasteiger partial charge < -0.3 is 4.74 Å². The maximum Gasteiger partial charge on any atom is 0.119 e. The standard InChI is InChI=1S/C18H19ClN2O/c1-11(2)21-18-15(6-5-7-16(18)19)17(20-21)14-9-8-13(22-4)10-12(14)3/h5-11H,1-4H3. The fourth-order valence-electron chi connectivity index (χ4n) is 2.75. The highest BCUT2D eigenvalue weighted by Crippen LogP contribution is 2.35. The van der Waals surface area contributed by atoms with E-state index < -0.39 is 0 Å². The third-order valence-electron chi connectivity index (χ3n) is 3.86. The van der Waals surface area contributed by atoms with E-state index in [1.807, 2.05) is 28.9 Å². The van der Waals surface area contributed by atoms with Crippen molar-refractivity contribution in [3.05, 3.63) is 47.0 Å². The maximum atomic E-state index is 6.41. The SMILES string of the molecule is COc1ccc(-c2nn(C(C)C)c3c(Cl)cccc23)c(C)c1. The number of aromatic nitrogens is 2. The molecule has 0 atom stereocenters. The summed E-state index contributed by atoms with van der Waals surface area (Å²) in [5, 5.41) is 6.64. The monoisotopic (exact) mass is 314 g/mol. The fourth-order valence-corrected chi connectivity index (χ4v) is 3.01. The van der Waals surface area contributed by atoms with Gasteiger partial charge in [0.05, 0.1) is 17.6 Å². The third-order valence-corrected chi connectivity index (χ3v) is 4.16. The molecule has 22 heavy (non-hydrogen) atoms. The fraction of sp³-hybridized carbons (Fsp3) is 0.278. The number of hydrogen-bond acceptors (Lipinski definition) is 2. The topological polar surface area (TPSA) is 27.1 Å². The molecule has 0 aliphatic rings. The van der Waals surface area contributed by atoms with Gasteiger partial charge in [-0.3, -0.25) is 4.68 Å². The van der Waals surface area contributed by atoms with Gasteiger partial charge in [0.1, 0.15) is 11.4 Å². The minimum Gasteiger partial charge on any atom is -0.497 e. The van der Waals surface area contributed by atoms with Crippen molar-refractivity contribution in [3.8, 4) is 17.0 Å². The highest BCUT2D eigenvalue weighted by molar-refractivity contribution is 6.35. The second-order valence-corrected chi connectivity index (χ2v) is 6.11. The molecule has 0 spiro atoms. The first kappa shape index (κ1) is 14.9. The second-order valence-electron chi connectivity index (χ2n) is 5.70. The Hall–Kier alpha value is -2.00. The zero-order valence-electron chi connectivity index (χ0n) is 13.2. The first-order chi connectivity index (χ1) is 10.5. The molecule has 3 aromatic rings. The Morgan fingerprint density at radius 3 is 2.59 bits per heavy atom. The van der Waals surface area contributed by atoms with Crippen LogP contribution < -0.4 is 4.74 Å². The van der Waals surface area contributed by atoms with Gasteiger partial charge in [0, 0.05) is 17.0 Å². The van der Waals surface area contributed by atoms with Gasteiger partial charge in [-0.2, -0.15) is 5.10 Å². The average molecular weight is 315 g/mol. The summed E-state index contributed by atoms with van der Waals surface area (Å²) in [6, 6.07) is 12.3. The molecule has 114 valence electrons. The summed E-state index contributed by atoms with van der Waals surface area (Å²) in [5.74, 6) is 0.854. The quantitative estimate of drug-likeness (QED) is 0.659. The number of methoxy groups -OCH3 is 1. The Kier molecular flexibility index (Phi) is 3.83. The second kappa shape index (κ2) is 5.65. The van der Waals surface area contributed by atoms with Crippen LogP contribution >= 0.6 is 11.6 Å². The van der Waals surface area contributed by atoms with E-state index in [2.05, 4.69) is 32.9 Å². The number of fused-ring (bicyclic) bond motifs is 1. The summed E-state index contributed by atoms with van der Waals surface area (Å²) in [4.78, 5) is 0. The molecule has 0 aliphatic carbocycles. The Bertz CT molecular complexity index is 836. The highest BCUT2D eigenvalue weighted by Gasteiger charge is 2.17. The van der Waals surface area contributed by atoms with E-state index in [0.29, 0.717) is 0 Å². The van der Waals surface area contributed by atoms with Crippen molar-refractivity contribution < 1.29 is 4.74 Å². The van der Waals surface area contributed by atoms with Crippen LogP contribution in [0, 0.1) is 6.92 Å². The summed E-state index contributed by atoms with van der Waals surface area (Å²) in [5.41, 5.74) is 4.19. The van der Waals surface area contributed by atoms with Crippen LogP contribution in [-0.4, -0.2) is 16.9 Å². The lowest BCUT2D eigenvalue weighted by Crippen LogP contribution is -2.02. The number of aryl methyl sites for hydroxylation is 1. The minimum absolute atomic E-state index is 0.245. The first-order valence-electron chi connectivity index (χ1n) is 7.34. The molecule has 0 N–H and O–H groups in total. The number of ether oxygens (including phenoxy) is 1. The lowest BCUT2D eigenvalue weighted by molar-refractivity contribution is 0.414. The normalized spacial score (nSPS) is 11.4. The zero-order chi connectivity index (χ0) is 15.9. The van der Waals surface area contributed by atoms with Crippen molar-refractivity contribution in [1.29, 1.82) is 0 Å². The van der Waals surface area contributed by atoms with Crippen molar-refractivity contribution in [2.75, 3.05) is 7.11 Å². The largest absolute Gasteiger partial charge is 0.497 e. The van der Waals surface area contributed by atoms with E-state index in [4.69, 9.17) is 21.4 Å². The van der Waals surface area contributed by atoms with Crippen molar-refractivity contribution >= 4 is 22.5 Å². The lowest BCUT2D eigenvalue weighted by atomic mass is 10.0. The van der Waals surface area contributed by atoms with Gasteiger partial charge in [-0.15, -0.1) is 0 Å². The van der Waals surface area contributed by atoms with Crippen molar-refractivity contribution in [3.63, 3.8) is 0 Å². The van der Waals surface area contributed by atoms with Crippen LogP contribution in [-0.2, 0) is 0 Å². The van der Waals surface area contributed by atoms with Gasteiger partial charge in [-0.05, 0) is 50.6 Å². The highest BCUT2D eigenvalue weighted by atomic mass is 35.5. The Balaban J connectivity index is 2.30. The molecule has 4 heteroatoms. The number of nitrogens with zero attached hydrogens (tertiary/aromatic N) is 2. The number of hydrogen-bond donors (Lipinski definition) is 0. The lowest BCUT2D eigenvalue weighted by Gasteiger charge is -2.08. The smallest absolute Gasteiger partial charge is 0.119 e. The summed E-state index contributed by atoms with van der Waals surface area (Å²) in [7, 11) is 1.68. The summed E-state index contributed by atoms with van der Waals surface area (Å²) in [6.07, 6.45) is 0. The van der Waals surface area contributed by atoms with Crippen LogP contribution in [0.4, 0.5) is 0 Å². The Morgan fingerprint density at radius 2 is 1.95 bits per heavy atom. The van der Waals surface area contributed by atoms with Crippen molar-refractivity contribution in [2.45, 2.75) is 26.8 Å². The zero-order valence-corrected chi connectivity index (χ0v) is 14.0. The number of rotatable bonds is 3. The Morgan fingerprint density at radius 1 is 1.18 bits per heavy atom. The van der Waals surface area contributed by atoms with Crippen LogP contribution in [0.25, 0.3) is 22.2 Å². The van der Waals surface area contributed by atoms with Gasteiger partial charge in [-0.1, -0.05) is 23.7 Å². The molecule has 1 heterocycles. The van der Waals surface area contributed by atoms with E-state index in [1.165, 1.54) is 0 Å². The molecule has 0 radical (unpaired) electrons. The predicted octanol–water partition coefficient (Wildman–Crippen LogP) is 5.25. The van der Waals surface area contributed by atoms with E-state index in [9.17, 15) is 0 Å². The molecular formula is C18H19ClN2O. The van der Waals surface area contributed by atoms with Crippen molar-refractivity contribution in [2.24, 2.45) is 0 Å². The maximum absolute atomic E-state index is 6.41.